The Hall–Kier alpha value is -4.51. The SMILES string of the molecule is O=C(N/N=C/c1cc2c(cc1Br)OCO2)/C(=C/c1ccc([N+](=O)[O-])cc1)NC(=O)c1ccccc1. The second-order valence-electron chi connectivity index (χ2n) is 7.15. The Morgan fingerprint density at radius 1 is 1.03 bits per heavy atom. The zero-order valence-corrected chi connectivity index (χ0v) is 19.5. The van der Waals surface area contributed by atoms with Crippen molar-refractivity contribution in [1.29, 1.82) is 0 Å². The molecule has 0 spiro atoms. The van der Waals surface area contributed by atoms with Gasteiger partial charge >= 0.3 is 0 Å². The van der Waals surface area contributed by atoms with Gasteiger partial charge < -0.3 is 14.8 Å². The Kier molecular flexibility index (Phi) is 7.17. The fourth-order valence-corrected chi connectivity index (χ4v) is 3.48. The van der Waals surface area contributed by atoms with Crippen LogP contribution in [0.4, 0.5) is 5.69 Å². The highest BCUT2D eigenvalue weighted by Crippen LogP contribution is 2.36. The average molecular weight is 537 g/mol. The number of carbonyl (C=O) groups excluding carboxylic acids is 2. The highest BCUT2D eigenvalue weighted by molar-refractivity contribution is 9.10. The standard InChI is InChI=1S/C24H17BrN4O6/c25-19-12-22-21(34-14-35-22)11-17(19)13-26-28-24(31)20(27-23(30)16-4-2-1-3-5-16)10-15-6-8-18(9-7-15)29(32)33/h1-13H,14H2,(H,27,30)(H,28,31)/b20-10-,26-13+. The zero-order valence-electron chi connectivity index (χ0n) is 17.9. The van der Waals surface area contributed by atoms with Crippen LogP contribution in [-0.4, -0.2) is 29.7 Å². The smallest absolute Gasteiger partial charge is 0.287 e. The molecule has 176 valence electrons. The minimum atomic E-state index is -0.694. The number of hydrogen-bond acceptors (Lipinski definition) is 7. The van der Waals surface area contributed by atoms with Crippen molar-refractivity contribution in [3.05, 3.63) is 104 Å². The van der Waals surface area contributed by atoms with Crippen LogP contribution in [0.2, 0.25) is 0 Å². The van der Waals surface area contributed by atoms with E-state index in [4.69, 9.17) is 9.47 Å². The molecule has 1 heterocycles. The Bertz CT molecular complexity index is 1340. The van der Waals surface area contributed by atoms with E-state index in [2.05, 4.69) is 31.8 Å². The summed E-state index contributed by atoms with van der Waals surface area (Å²) in [5.41, 5.74) is 3.63. The maximum atomic E-state index is 12.9. The van der Waals surface area contributed by atoms with Gasteiger partial charge in [-0.1, -0.05) is 18.2 Å². The first-order chi connectivity index (χ1) is 16.9. The van der Waals surface area contributed by atoms with Crippen LogP contribution in [0, 0.1) is 10.1 Å². The molecule has 0 aliphatic carbocycles. The molecule has 0 unspecified atom stereocenters. The van der Waals surface area contributed by atoms with Crippen LogP contribution in [0.1, 0.15) is 21.5 Å². The van der Waals surface area contributed by atoms with E-state index < -0.39 is 16.7 Å². The quantitative estimate of drug-likeness (QED) is 0.203. The number of hydrogen-bond donors (Lipinski definition) is 2. The summed E-state index contributed by atoms with van der Waals surface area (Å²) in [6.45, 7) is 0.122. The van der Waals surface area contributed by atoms with Crippen molar-refractivity contribution in [2.45, 2.75) is 0 Å². The second kappa shape index (κ2) is 10.6. The van der Waals surface area contributed by atoms with Gasteiger partial charge in [0.05, 0.1) is 11.1 Å². The maximum Gasteiger partial charge on any atom is 0.287 e. The van der Waals surface area contributed by atoms with Crippen LogP contribution < -0.4 is 20.2 Å². The topological polar surface area (TPSA) is 132 Å². The summed E-state index contributed by atoms with van der Waals surface area (Å²) in [4.78, 5) is 35.9. The van der Waals surface area contributed by atoms with Gasteiger partial charge in [-0.25, -0.2) is 5.43 Å². The highest BCUT2D eigenvalue weighted by atomic mass is 79.9. The van der Waals surface area contributed by atoms with E-state index in [1.165, 1.54) is 36.6 Å². The van der Waals surface area contributed by atoms with Gasteiger partial charge in [-0.15, -0.1) is 0 Å². The van der Waals surface area contributed by atoms with Crippen LogP contribution >= 0.6 is 15.9 Å². The van der Waals surface area contributed by atoms with Crippen molar-refractivity contribution in [3.8, 4) is 11.5 Å². The first-order valence-corrected chi connectivity index (χ1v) is 10.9. The fraction of sp³-hybridized carbons (Fsp3) is 0.0417. The molecule has 2 N–H and O–H groups in total. The summed E-state index contributed by atoms with van der Waals surface area (Å²) >= 11 is 3.41. The summed E-state index contributed by atoms with van der Waals surface area (Å²) in [6.07, 6.45) is 2.80. The van der Waals surface area contributed by atoms with Gasteiger partial charge in [0, 0.05) is 27.7 Å². The molecule has 3 aromatic rings. The number of rotatable bonds is 7. The molecule has 1 aliphatic rings. The normalized spacial score (nSPS) is 12.4. The van der Waals surface area contributed by atoms with Gasteiger partial charge in [0.25, 0.3) is 17.5 Å². The third-order valence-corrected chi connectivity index (χ3v) is 5.49. The van der Waals surface area contributed by atoms with E-state index in [-0.39, 0.29) is 18.2 Å². The molecule has 11 heteroatoms. The van der Waals surface area contributed by atoms with Gasteiger partial charge in [-0.2, -0.15) is 5.10 Å². The molecule has 35 heavy (non-hydrogen) atoms. The number of nitrogens with one attached hydrogen (secondary N) is 2. The second-order valence-corrected chi connectivity index (χ2v) is 8.01. The van der Waals surface area contributed by atoms with Crippen molar-refractivity contribution < 1.29 is 24.0 Å². The largest absolute Gasteiger partial charge is 0.454 e. The number of nitro groups is 1. The number of nitrogens with zero attached hydrogens (tertiary/aromatic N) is 2. The number of amides is 2. The van der Waals surface area contributed by atoms with Crippen molar-refractivity contribution in [2.75, 3.05) is 6.79 Å². The number of hydrazone groups is 1. The van der Waals surface area contributed by atoms with Crippen LogP contribution in [-0.2, 0) is 4.79 Å². The van der Waals surface area contributed by atoms with Crippen molar-refractivity contribution in [3.63, 3.8) is 0 Å². The van der Waals surface area contributed by atoms with E-state index in [1.807, 2.05) is 0 Å². The molecule has 3 aromatic carbocycles. The number of non-ortho nitro benzene ring substituents is 1. The summed E-state index contributed by atoms with van der Waals surface area (Å²) < 4.78 is 11.3. The van der Waals surface area contributed by atoms with Crippen LogP contribution in [0.15, 0.2) is 82.0 Å². The molecule has 1 aliphatic heterocycles. The van der Waals surface area contributed by atoms with E-state index in [9.17, 15) is 19.7 Å². The Labute approximate surface area is 207 Å². The van der Waals surface area contributed by atoms with E-state index in [0.29, 0.717) is 32.7 Å². The predicted molar refractivity (Wildman–Crippen MR) is 131 cm³/mol. The van der Waals surface area contributed by atoms with Gasteiger partial charge in [-0.3, -0.25) is 19.7 Å². The molecular formula is C24H17BrN4O6. The lowest BCUT2D eigenvalue weighted by Crippen LogP contribution is -2.32. The molecule has 0 atom stereocenters. The lowest BCUT2D eigenvalue weighted by atomic mass is 10.1. The summed E-state index contributed by atoms with van der Waals surface area (Å²) in [6, 6.07) is 17.3. The molecule has 0 saturated carbocycles. The Morgan fingerprint density at radius 2 is 1.71 bits per heavy atom. The van der Waals surface area contributed by atoms with Crippen molar-refractivity contribution in [1.82, 2.24) is 10.7 Å². The minimum absolute atomic E-state index is 0.0969. The highest BCUT2D eigenvalue weighted by Gasteiger charge is 2.17. The number of nitro benzene ring substituents is 1. The van der Waals surface area contributed by atoms with Crippen LogP contribution in [0.5, 0.6) is 11.5 Å². The summed E-state index contributed by atoms with van der Waals surface area (Å²) in [7, 11) is 0. The summed E-state index contributed by atoms with van der Waals surface area (Å²) in [5, 5.41) is 17.4. The molecule has 0 aromatic heterocycles. The number of carbonyl (C=O) groups is 2. The summed E-state index contributed by atoms with van der Waals surface area (Å²) in [5.74, 6) is -0.0537. The molecule has 0 bridgehead atoms. The van der Waals surface area contributed by atoms with E-state index in [1.54, 1.807) is 42.5 Å². The van der Waals surface area contributed by atoms with Gasteiger partial charge in [0.2, 0.25) is 6.79 Å². The van der Waals surface area contributed by atoms with Crippen LogP contribution in [0.25, 0.3) is 6.08 Å². The molecule has 2 amide bonds. The number of halogens is 1. The first-order valence-electron chi connectivity index (χ1n) is 10.2. The van der Waals surface area contributed by atoms with Crippen LogP contribution in [0.3, 0.4) is 0 Å². The molecular weight excluding hydrogens is 520 g/mol. The predicted octanol–water partition coefficient (Wildman–Crippen LogP) is 4.01. The van der Waals surface area contributed by atoms with Crippen molar-refractivity contribution >= 4 is 45.7 Å². The number of ether oxygens (including phenoxy) is 2. The lowest BCUT2D eigenvalue weighted by Gasteiger charge is -2.09. The zero-order chi connectivity index (χ0) is 24.8. The molecule has 0 fully saturated rings. The third kappa shape index (κ3) is 5.89. The Morgan fingerprint density at radius 3 is 2.40 bits per heavy atom. The van der Waals surface area contributed by atoms with Gasteiger partial charge in [0.15, 0.2) is 11.5 Å². The van der Waals surface area contributed by atoms with E-state index >= 15 is 0 Å². The molecule has 0 saturated heterocycles. The van der Waals surface area contributed by atoms with Crippen molar-refractivity contribution in [2.24, 2.45) is 5.10 Å². The number of fused-ring (bicyclic) bond motifs is 1. The maximum absolute atomic E-state index is 12.9. The average Bonchev–Trinajstić information content (AvgIpc) is 3.31. The third-order valence-electron chi connectivity index (χ3n) is 4.81. The molecule has 4 rings (SSSR count). The fourth-order valence-electron chi connectivity index (χ4n) is 3.05. The Balaban J connectivity index is 1.55. The first kappa shape index (κ1) is 23.6. The minimum Gasteiger partial charge on any atom is -0.454 e. The molecule has 10 nitrogen and oxygen atoms in total. The van der Waals surface area contributed by atoms with Gasteiger partial charge in [0.1, 0.15) is 5.70 Å². The molecule has 0 radical (unpaired) electrons. The van der Waals surface area contributed by atoms with E-state index in [0.717, 1.165) is 0 Å². The lowest BCUT2D eigenvalue weighted by molar-refractivity contribution is -0.384. The monoisotopic (exact) mass is 536 g/mol. The number of benzene rings is 3. The van der Waals surface area contributed by atoms with Gasteiger partial charge in [-0.05, 0) is 64.0 Å².